The van der Waals surface area contributed by atoms with Crippen molar-refractivity contribution >= 4 is 0 Å². The predicted molar refractivity (Wildman–Crippen MR) is 58.9 cm³/mol. The van der Waals surface area contributed by atoms with Crippen LogP contribution in [0.2, 0.25) is 0 Å². The van der Waals surface area contributed by atoms with E-state index in [1.165, 1.54) is 19.3 Å². The van der Waals surface area contributed by atoms with E-state index in [4.69, 9.17) is 9.47 Å². The molecule has 0 aromatic rings. The van der Waals surface area contributed by atoms with Crippen LogP contribution in [0.5, 0.6) is 0 Å². The van der Waals surface area contributed by atoms with E-state index in [2.05, 4.69) is 5.32 Å². The Morgan fingerprint density at radius 2 is 2.20 bits per heavy atom. The van der Waals surface area contributed by atoms with Gasteiger partial charge in [-0.25, -0.2) is 0 Å². The van der Waals surface area contributed by atoms with Gasteiger partial charge in [0.2, 0.25) is 0 Å². The highest BCUT2D eigenvalue weighted by atomic mass is 16.5. The molecular formula is C11H23NO3. The maximum absolute atomic E-state index is 9.52. The summed E-state index contributed by atoms with van der Waals surface area (Å²) in [6.45, 7) is 3.19. The number of hydrogen-bond acceptors (Lipinski definition) is 4. The van der Waals surface area contributed by atoms with Crippen molar-refractivity contribution in [2.24, 2.45) is 5.92 Å². The minimum absolute atomic E-state index is 0.390. The smallest absolute Gasteiger partial charge is 0.0897 e. The topological polar surface area (TPSA) is 50.7 Å². The van der Waals surface area contributed by atoms with Gasteiger partial charge in [-0.1, -0.05) is 6.42 Å². The van der Waals surface area contributed by atoms with Gasteiger partial charge < -0.3 is 19.9 Å². The van der Waals surface area contributed by atoms with Crippen molar-refractivity contribution in [3.63, 3.8) is 0 Å². The van der Waals surface area contributed by atoms with Crippen LogP contribution >= 0.6 is 0 Å². The second kappa shape index (κ2) is 8.05. The summed E-state index contributed by atoms with van der Waals surface area (Å²) in [5.41, 5.74) is 0. The minimum Gasteiger partial charge on any atom is -0.389 e. The van der Waals surface area contributed by atoms with E-state index in [1.807, 2.05) is 0 Å². The lowest BCUT2D eigenvalue weighted by atomic mass is 9.85. The quantitative estimate of drug-likeness (QED) is 0.549. The zero-order valence-electron chi connectivity index (χ0n) is 9.58. The number of methoxy groups -OCH3 is 1. The van der Waals surface area contributed by atoms with Gasteiger partial charge in [0.05, 0.1) is 25.9 Å². The van der Waals surface area contributed by atoms with Crippen molar-refractivity contribution in [3.8, 4) is 0 Å². The fourth-order valence-electron chi connectivity index (χ4n) is 1.57. The van der Waals surface area contributed by atoms with Gasteiger partial charge in [-0.15, -0.1) is 0 Å². The Morgan fingerprint density at radius 1 is 1.40 bits per heavy atom. The van der Waals surface area contributed by atoms with Crippen molar-refractivity contribution in [1.29, 1.82) is 0 Å². The Kier molecular flexibility index (Phi) is 6.92. The van der Waals surface area contributed by atoms with Crippen molar-refractivity contribution in [2.45, 2.75) is 25.4 Å². The van der Waals surface area contributed by atoms with Crippen LogP contribution in [0.1, 0.15) is 19.3 Å². The standard InChI is InChI=1S/C11H23NO3/c1-14-5-6-15-9-11(13)8-12-7-10-3-2-4-10/h10-13H,2-9H2,1H3. The minimum atomic E-state index is -0.401. The summed E-state index contributed by atoms with van der Waals surface area (Å²) in [6, 6.07) is 0. The molecule has 0 radical (unpaired) electrons. The van der Waals surface area contributed by atoms with E-state index >= 15 is 0 Å². The van der Waals surface area contributed by atoms with E-state index in [9.17, 15) is 5.11 Å². The molecule has 1 rings (SSSR count). The van der Waals surface area contributed by atoms with Crippen molar-refractivity contribution in [3.05, 3.63) is 0 Å². The number of ether oxygens (including phenoxy) is 2. The maximum atomic E-state index is 9.52. The molecular weight excluding hydrogens is 194 g/mol. The van der Waals surface area contributed by atoms with E-state index in [-0.39, 0.29) is 0 Å². The third-order valence-corrected chi connectivity index (χ3v) is 2.78. The highest BCUT2D eigenvalue weighted by Gasteiger charge is 2.16. The zero-order valence-corrected chi connectivity index (χ0v) is 9.58. The third kappa shape index (κ3) is 6.10. The Morgan fingerprint density at radius 3 is 2.80 bits per heavy atom. The highest BCUT2D eigenvalue weighted by Crippen LogP contribution is 2.24. The van der Waals surface area contributed by atoms with E-state index in [1.54, 1.807) is 7.11 Å². The lowest BCUT2D eigenvalue weighted by molar-refractivity contribution is 0.0133. The summed E-state index contributed by atoms with van der Waals surface area (Å²) >= 11 is 0. The first-order chi connectivity index (χ1) is 7.33. The largest absolute Gasteiger partial charge is 0.389 e. The molecule has 1 saturated carbocycles. The van der Waals surface area contributed by atoms with Gasteiger partial charge >= 0.3 is 0 Å². The molecule has 0 aromatic heterocycles. The van der Waals surface area contributed by atoms with Crippen LogP contribution in [0, 0.1) is 5.92 Å². The van der Waals surface area contributed by atoms with E-state index in [0.717, 1.165) is 12.5 Å². The SMILES string of the molecule is COCCOCC(O)CNCC1CCC1. The normalized spacial score (nSPS) is 18.8. The van der Waals surface area contributed by atoms with E-state index < -0.39 is 6.10 Å². The average molecular weight is 217 g/mol. The molecule has 90 valence electrons. The molecule has 1 unspecified atom stereocenters. The second-order valence-electron chi connectivity index (χ2n) is 4.18. The van der Waals surface area contributed by atoms with Crippen LogP contribution in [0.25, 0.3) is 0 Å². The number of aliphatic hydroxyl groups excluding tert-OH is 1. The molecule has 4 heteroatoms. The van der Waals surface area contributed by atoms with Crippen LogP contribution in [0.3, 0.4) is 0 Å². The van der Waals surface area contributed by atoms with Crippen molar-refractivity contribution in [2.75, 3.05) is 40.0 Å². The molecule has 4 nitrogen and oxygen atoms in total. The average Bonchev–Trinajstić information content (AvgIpc) is 2.17. The molecule has 0 aromatic carbocycles. The fourth-order valence-corrected chi connectivity index (χ4v) is 1.57. The monoisotopic (exact) mass is 217 g/mol. The van der Waals surface area contributed by atoms with Gasteiger partial charge in [0, 0.05) is 13.7 Å². The lowest BCUT2D eigenvalue weighted by Gasteiger charge is -2.26. The van der Waals surface area contributed by atoms with Crippen LogP contribution in [0.4, 0.5) is 0 Å². The Labute approximate surface area is 92.0 Å². The lowest BCUT2D eigenvalue weighted by Crippen LogP contribution is -2.35. The first-order valence-corrected chi connectivity index (χ1v) is 5.78. The van der Waals surface area contributed by atoms with Crippen LogP contribution < -0.4 is 5.32 Å². The molecule has 15 heavy (non-hydrogen) atoms. The van der Waals surface area contributed by atoms with Crippen LogP contribution in [-0.2, 0) is 9.47 Å². The molecule has 0 bridgehead atoms. The molecule has 2 N–H and O–H groups in total. The van der Waals surface area contributed by atoms with Crippen molar-refractivity contribution in [1.82, 2.24) is 5.32 Å². The summed E-state index contributed by atoms with van der Waals surface area (Å²) in [5.74, 6) is 0.839. The van der Waals surface area contributed by atoms with Gasteiger partial charge in [0.25, 0.3) is 0 Å². The Bertz CT molecular complexity index is 151. The number of nitrogens with one attached hydrogen (secondary N) is 1. The molecule has 0 spiro atoms. The number of aliphatic hydroxyl groups is 1. The summed E-state index contributed by atoms with van der Waals surface area (Å²) in [5, 5.41) is 12.8. The fraction of sp³-hybridized carbons (Fsp3) is 1.00. The van der Waals surface area contributed by atoms with Crippen molar-refractivity contribution < 1.29 is 14.6 Å². The second-order valence-corrected chi connectivity index (χ2v) is 4.18. The first-order valence-electron chi connectivity index (χ1n) is 5.78. The molecule has 0 saturated heterocycles. The van der Waals surface area contributed by atoms with Gasteiger partial charge in [0.1, 0.15) is 0 Å². The van der Waals surface area contributed by atoms with Crippen LogP contribution in [0.15, 0.2) is 0 Å². The summed E-state index contributed by atoms with van der Waals surface area (Å²) in [4.78, 5) is 0. The number of rotatable bonds is 9. The van der Waals surface area contributed by atoms with Gasteiger partial charge in [-0.3, -0.25) is 0 Å². The summed E-state index contributed by atoms with van der Waals surface area (Å²) < 4.78 is 10.1. The van der Waals surface area contributed by atoms with E-state index in [0.29, 0.717) is 26.4 Å². The maximum Gasteiger partial charge on any atom is 0.0897 e. The van der Waals surface area contributed by atoms with Gasteiger partial charge in [-0.2, -0.15) is 0 Å². The molecule has 0 aliphatic heterocycles. The molecule has 1 aliphatic rings. The molecule has 1 atom stereocenters. The van der Waals surface area contributed by atoms with Crippen LogP contribution in [-0.4, -0.2) is 51.2 Å². The molecule has 1 fully saturated rings. The molecule has 0 heterocycles. The highest BCUT2D eigenvalue weighted by molar-refractivity contribution is 4.72. The molecule has 0 amide bonds. The number of hydrogen-bond donors (Lipinski definition) is 2. The summed E-state index contributed by atoms with van der Waals surface area (Å²) in [7, 11) is 1.64. The van der Waals surface area contributed by atoms with Gasteiger partial charge in [-0.05, 0) is 25.3 Å². The zero-order chi connectivity index (χ0) is 10.9. The third-order valence-electron chi connectivity index (χ3n) is 2.78. The summed E-state index contributed by atoms with van der Waals surface area (Å²) in [6.07, 6.45) is 3.65. The Hall–Kier alpha value is -0.160. The van der Waals surface area contributed by atoms with Gasteiger partial charge in [0.15, 0.2) is 0 Å². The molecule has 1 aliphatic carbocycles. The Balaban J connectivity index is 1.82. The first kappa shape index (κ1) is 12.9. The predicted octanol–water partition coefficient (Wildman–Crippen LogP) is 0.400.